The van der Waals surface area contributed by atoms with Crippen molar-refractivity contribution in [2.75, 3.05) is 13.2 Å². The van der Waals surface area contributed by atoms with Crippen molar-refractivity contribution in [3.8, 4) is 0 Å². The molecule has 3 aromatic rings. The highest BCUT2D eigenvalue weighted by Crippen LogP contribution is 2.14. The van der Waals surface area contributed by atoms with E-state index in [1.54, 1.807) is 6.20 Å². The van der Waals surface area contributed by atoms with Gasteiger partial charge in [0.15, 0.2) is 0 Å². The van der Waals surface area contributed by atoms with Gasteiger partial charge in [0, 0.05) is 12.8 Å². The highest BCUT2D eigenvalue weighted by Gasteiger charge is 2.28. The highest BCUT2D eigenvalue weighted by molar-refractivity contribution is 5.77. The van der Waals surface area contributed by atoms with E-state index in [-0.39, 0.29) is 24.6 Å². The minimum absolute atomic E-state index is 0.0685. The van der Waals surface area contributed by atoms with Gasteiger partial charge < -0.3 is 14.8 Å². The third-order valence-corrected chi connectivity index (χ3v) is 4.44. The Bertz CT molecular complexity index is 866. The Balaban J connectivity index is 1.34. The van der Waals surface area contributed by atoms with E-state index in [2.05, 4.69) is 20.5 Å². The number of carbonyl (C=O) groups is 1. The van der Waals surface area contributed by atoms with Crippen LogP contribution in [0.15, 0.2) is 48.7 Å². The number of ether oxygens (including phenoxy) is 2. The van der Waals surface area contributed by atoms with Crippen LogP contribution in [0.5, 0.6) is 0 Å². The van der Waals surface area contributed by atoms with E-state index in [4.69, 9.17) is 9.47 Å². The van der Waals surface area contributed by atoms with Crippen molar-refractivity contribution in [3.63, 3.8) is 0 Å². The van der Waals surface area contributed by atoms with Crippen LogP contribution < -0.4 is 5.32 Å². The summed E-state index contributed by atoms with van der Waals surface area (Å²) in [5, 5.41) is 11.7. The number of rotatable bonds is 6. The van der Waals surface area contributed by atoms with E-state index >= 15 is 0 Å². The van der Waals surface area contributed by atoms with Gasteiger partial charge in [0.05, 0.1) is 24.9 Å². The number of aromatic nitrogens is 4. The second-order valence-electron chi connectivity index (χ2n) is 6.43. The molecular weight excluding hydrogens is 346 g/mol. The molecule has 8 nitrogen and oxygen atoms in total. The van der Waals surface area contributed by atoms with Gasteiger partial charge in [0.2, 0.25) is 5.91 Å². The quantitative estimate of drug-likeness (QED) is 0.707. The molecule has 1 aliphatic heterocycles. The molecular formula is C19H21N5O3. The Morgan fingerprint density at radius 1 is 1.19 bits per heavy atom. The first-order chi connectivity index (χ1) is 13.3. The number of benzene rings is 1. The molecule has 1 saturated heterocycles. The van der Waals surface area contributed by atoms with Gasteiger partial charge in [-0.05, 0) is 30.7 Å². The molecule has 0 radical (unpaired) electrons. The molecule has 0 bridgehead atoms. The molecule has 1 aromatic carbocycles. The maximum atomic E-state index is 12.5. The summed E-state index contributed by atoms with van der Waals surface area (Å²) in [5.41, 5.74) is 2.39. The molecule has 2 atom stereocenters. The van der Waals surface area contributed by atoms with Gasteiger partial charge in [-0.1, -0.05) is 18.2 Å². The average Bonchev–Trinajstić information content (AvgIpc) is 3.10. The summed E-state index contributed by atoms with van der Waals surface area (Å²) in [5.74, 6) is -0.145. The van der Waals surface area contributed by atoms with Crippen LogP contribution in [0.1, 0.15) is 12.1 Å². The van der Waals surface area contributed by atoms with Gasteiger partial charge in [0.1, 0.15) is 23.7 Å². The molecule has 140 valence electrons. The first-order valence-electron chi connectivity index (χ1n) is 8.96. The minimum Gasteiger partial charge on any atom is -0.379 e. The van der Waals surface area contributed by atoms with Crippen LogP contribution in [0.3, 0.4) is 0 Å². The van der Waals surface area contributed by atoms with Crippen LogP contribution in [0.2, 0.25) is 0 Å². The maximum absolute atomic E-state index is 12.5. The summed E-state index contributed by atoms with van der Waals surface area (Å²) in [6.07, 6.45) is 2.22. The van der Waals surface area contributed by atoms with Crippen LogP contribution in [0.25, 0.3) is 11.0 Å². The Morgan fingerprint density at radius 3 is 2.70 bits per heavy atom. The van der Waals surface area contributed by atoms with E-state index in [9.17, 15) is 4.79 Å². The van der Waals surface area contributed by atoms with E-state index in [1.165, 1.54) is 4.80 Å². The summed E-state index contributed by atoms with van der Waals surface area (Å²) >= 11 is 0. The van der Waals surface area contributed by atoms with Crippen molar-refractivity contribution in [1.29, 1.82) is 0 Å². The Labute approximate surface area is 156 Å². The van der Waals surface area contributed by atoms with Crippen molar-refractivity contribution >= 4 is 16.9 Å². The molecule has 1 amide bonds. The van der Waals surface area contributed by atoms with E-state index < -0.39 is 0 Å². The summed E-state index contributed by atoms with van der Waals surface area (Å²) < 4.78 is 11.5. The number of carbonyl (C=O) groups excluding carboxylic acids is 1. The standard InChI is InChI=1S/C19H21N5O3/c25-19(11-24-22-15-6-1-2-7-16(15)23-24)21-17-8-10-26-13-18(17)27-12-14-5-3-4-9-20-14/h1-7,9,17-18H,8,10-13H2,(H,21,25)/t17-,18-/m1/s1. The largest absolute Gasteiger partial charge is 0.379 e. The number of nitrogens with one attached hydrogen (secondary N) is 1. The lowest BCUT2D eigenvalue weighted by Crippen LogP contribution is -2.50. The molecule has 1 fully saturated rings. The summed E-state index contributed by atoms with van der Waals surface area (Å²) in [4.78, 5) is 18.1. The number of hydrogen-bond donors (Lipinski definition) is 1. The topological polar surface area (TPSA) is 91.2 Å². The zero-order valence-corrected chi connectivity index (χ0v) is 14.8. The first-order valence-corrected chi connectivity index (χ1v) is 8.96. The molecule has 0 aliphatic carbocycles. The van der Waals surface area contributed by atoms with Crippen molar-refractivity contribution in [1.82, 2.24) is 25.3 Å². The predicted molar refractivity (Wildman–Crippen MR) is 97.7 cm³/mol. The maximum Gasteiger partial charge on any atom is 0.243 e. The van der Waals surface area contributed by atoms with Crippen molar-refractivity contribution in [2.24, 2.45) is 0 Å². The predicted octanol–water partition coefficient (Wildman–Crippen LogP) is 1.32. The Morgan fingerprint density at radius 2 is 1.96 bits per heavy atom. The molecule has 27 heavy (non-hydrogen) atoms. The third kappa shape index (κ3) is 4.47. The second kappa shape index (κ2) is 8.24. The highest BCUT2D eigenvalue weighted by atomic mass is 16.5. The monoisotopic (exact) mass is 367 g/mol. The van der Waals surface area contributed by atoms with Gasteiger partial charge in [-0.3, -0.25) is 9.78 Å². The van der Waals surface area contributed by atoms with Crippen LogP contribution >= 0.6 is 0 Å². The molecule has 0 saturated carbocycles. The SMILES string of the molecule is O=C(Cn1nc2ccccc2n1)N[C@@H]1CCOC[C@H]1OCc1ccccn1. The lowest BCUT2D eigenvalue weighted by atomic mass is 10.1. The summed E-state index contributed by atoms with van der Waals surface area (Å²) in [7, 11) is 0. The van der Waals surface area contributed by atoms with Gasteiger partial charge in [-0.15, -0.1) is 0 Å². The molecule has 1 aliphatic rings. The minimum atomic E-state index is -0.214. The summed E-state index contributed by atoms with van der Waals surface area (Å²) in [6.45, 7) is 1.49. The molecule has 4 rings (SSSR count). The Hall–Kier alpha value is -2.84. The number of amides is 1. The summed E-state index contributed by atoms with van der Waals surface area (Å²) in [6, 6.07) is 13.1. The van der Waals surface area contributed by atoms with Crippen molar-refractivity contribution < 1.29 is 14.3 Å². The van der Waals surface area contributed by atoms with Gasteiger partial charge in [-0.25, -0.2) is 0 Å². The second-order valence-corrected chi connectivity index (χ2v) is 6.43. The number of hydrogen-bond acceptors (Lipinski definition) is 6. The lowest BCUT2D eigenvalue weighted by Gasteiger charge is -2.32. The van der Waals surface area contributed by atoms with Crippen LogP contribution in [0, 0.1) is 0 Å². The number of fused-ring (bicyclic) bond motifs is 1. The average molecular weight is 367 g/mol. The van der Waals surface area contributed by atoms with Gasteiger partial charge in [-0.2, -0.15) is 15.0 Å². The molecule has 1 N–H and O–H groups in total. The van der Waals surface area contributed by atoms with E-state index in [1.807, 2.05) is 42.5 Å². The normalized spacial score (nSPS) is 19.9. The number of nitrogens with zero attached hydrogens (tertiary/aromatic N) is 4. The van der Waals surface area contributed by atoms with Gasteiger partial charge >= 0.3 is 0 Å². The van der Waals surface area contributed by atoms with Crippen molar-refractivity contribution in [3.05, 3.63) is 54.4 Å². The number of pyridine rings is 1. The zero-order valence-electron chi connectivity index (χ0n) is 14.8. The lowest BCUT2D eigenvalue weighted by molar-refractivity contribution is -0.127. The molecule has 8 heteroatoms. The zero-order chi connectivity index (χ0) is 18.5. The van der Waals surface area contributed by atoms with Crippen molar-refractivity contribution in [2.45, 2.75) is 31.7 Å². The molecule has 0 unspecified atom stereocenters. The van der Waals surface area contributed by atoms with Crippen LogP contribution in [-0.4, -0.2) is 51.2 Å². The van der Waals surface area contributed by atoms with E-state index in [0.29, 0.717) is 26.2 Å². The molecule has 0 spiro atoms. The van der Waals surface area contributed by atoms with Crippen LogP contribution in [0.4, 0.5) is 0 Å². The fourth-order valence-corrected chi connectivity index (χ4v) is 3.07. The molecule has 2 aromatic heterocycles. The Kier molecular flexibility index (Phi) is 5.36. The first kappa shape index (κ1) is 17.6. The van der Waals surface area contributed by atoms with Gasteiger partial charge in [0.25, 0.3) is 0 Å². The molecule has 3 heterocycles. The fourth-order valence-electron chi connectivity index (χ4n) is 3.07. The smallest absolute Gasteiger partial charge is 0.243 e. The van der Waals surface area contributed by atoms with E-state index in [0.717, 1.165) is 16.7 Å². The van der Waals surface area contributed by atoms with Crippen LogP contribution in [-0.2, 0) is 27.4 Å². The third-order valence-electron chi connectivity index (χ3n) is 4.44. The fraction of sp³-hybridized carbons (Fsp3) is 0.368.